The molecular formula is C22H27Cl2N3O4S. The molecule has 7 nitrogen and oxygen atoms in total. The number of benzene rings is 2. The Bertz CT molecular complexity index is 1050. The van der Waals surface area contributed by atoms with E-state index in [9.17, 15) is 18.0 Å². The molecule has 32 heavy (non-hydrogen) atoms. The minimum absolute atomic E-state index is 0.0172. The quantitative estimate of drug-likeness (QED) is 0.541. The second-order valence-electron chi connectivity index (χ2n) is 7.30. The number of amides is 2. The predicted molar refractivity (Wildman–Crippen MR) is 126 cm³/mol. The number of nitrogens with one attached hydrogen (secondary N) is 1. The van der Waals surface area contributed by atoms with Gasteiger partial charge in [-0.05, 0) is 49.2 Å². The summed E-state index contributed by atoms with van der Waals surface area (Å²) in [5, 5.41) is 3.63. The van der Waals surface area contributed by atoms with Gasteiger partial charge in [0.1, 0.15) is 6.04 Å². The van der Waals surface area contributed by atoms with Crippen LogP contribution in [-0.4, -0.2) is 55.6 Å². The normalized spacial score (nSPS) is 12.4. The molecule has 2 amide bonds. The predicted octanol–water partition coefficient (Wildman–Crippen LogP) is 3.56. The van der Waals surface area contributed by atoms with E-state index in [2.05, 4.69) is 5.32 Å². The standard InChI is InChI=1S/C22H27Cl2N3O4S/c1-4-13-25-22(29)16(2)27(14-17-7-5-6-8-20(17)24)21(28)15-26(3)32(30,31)19-11-9-18(23)10-12-19/h5-12,16H,4,13-15H2,1-3H3,(H,25,29). The number of sulfonamides is 1. The highest BCUT2D eigenvalue weighted by Gasteiger charge is 2.30. The van der Waals surface area contributed by atoms with Crippen molar-refractivity contribution in [1.82, 2.24) is 14.5 Å². The number of carbonyl (C=O) groups is 2. The summed E-state index contributed by atoms with van der Waals surface area (Å²) in [6, 6.07) is 11.9. The van der Waals surface area contributed by atoms with Gasteiger partial charge in [-0.15, -0.1) is 0 Å². The molecule has 2 rings (SSSR count). The van der Waals surface area contributed by atoms with Crippen LogP contribution >= 0.6 is 23.2 Å². The summed E-state index contributed by atoms with van der Waals surface area (Å²) in [5.74, 6) is -0.848. The first kappa shape index (κ1) is 26.1. The van der Waals surface area contributed by atoms with Crippen LogP contribution < -0.4 is 5.32 Å². The highest BCUT2D eigenvalue weighted by Crippen LogP contribution is 2.21. The van der Waals surface area contributed by atoms with Gasteiger partial charge >= 0.3 is 0 Å². The molecule has 0 fully saturated rings. The summed E-state index contributed by atoms with van der Waals surface area (Å²) in [6.45, 7) is 3.62. The Morgan fingerprint density at radius 1 is 1.06 bits per heavy atom. The van der Waals surface area contributed by atoms with E-state index in [-0.39, 0.29) is 17.3 Å². The van der Waals surface area contributed by atoms with Crippen LogP contribution in [0.15, 0.2) is 53.4 Å². The van der Waals surface area contributed by atoms with Crippen LogP contribution in [0.3, 0.4) is 0 Å². The maximum Gasteiger partial charge on any atom is 0.243 e. The van der Waals surface area contributed by atoms with E-state index in [0.29, 0.717) is 22.2 Å². The van der Waals surface area contributed by atoms with Gasteiger partial charge in [-0.3, -0.25) is 9.59 Å². The van der Waals surface area contributed by atoms with Crippen molar-refractivity contribution in [2.75, 3.05) is 20.1 Å². The first-order chi connectivity index (χ1) is 15.1. The molecule has 0 radical (unpaired) electrons. The Balaban J connectivity index is 2.27. The fourth-order valence-corrected chi connectivity index (χ4v) is 4.38. The molecule has 0 spiro atoms. The van der Waals surface area contributed by atoms with Crippen molar-refractivity contribution in [2.24, 2.45) is 0 Å². The topological polar surface area (TPSA) is 86.8 Å². The van der Waals surface area contributed by atoms with E-state index in [1.807, 2.05) is 6.92 Å². The number of rotatable bonds is 10. The molecular weight excluding hydrogens is 473 g/mol. The molecule has 2 aromatic carbocycles. The van der Waals surface area contributed by atoms with Crippen molar-refractivity contribution >= 4 is 45.0 Å². The zero-order valence-electron chi connectivity index (χ0n) is 18.2. The summed E-state index contributed by atoms with van der Waals surface area (Å²) in [5.41, 5.74) is 0.654. The third-order valence-corrected chi connectivity index (χ3v) is 7.33. The third kappa shape index (κ3) is 6.68. The van der Waals surface area contributed by atoms with Gasteiger partial charge in [0.05, 0.1) is 11.4 Å². The second-order valence-corrected chi connectivity index (χ2v) is 10.2. The number of hydrogen-bond acceptors (Lipinski definition) is 4. The molecule has 0 heterocycles. The maximum atomic E-state index is 13.2. The van der Waals surface area contributed by atoms with Crippen molar-refractivity contribution in [2.45, 2.75) is 37.8 Å². The van der Waals surface area contributed by atoms with Gasteiger partial charge in [-0.2, -0.15) is 4.31 Å². The average Bonchev–Trinajstić information content (AvgIpc) is 2.76. The van der Waals surface area contributed by atoms with E-state index in [4.69, 9.17) is 23.2 Å². The number of likely N-dealkylation sites (N-methyl/N-ethyl adjacent to an activating group) is 1. The molecule has 0 saturated carbocycles. The largest absolute Gasteiger partial charge is 0.354 e. The van der Waals surface area contributed by atoms with Crippen LogP contribution in [-0.2, 0) is 26.2 Å². The van der Waals surface area contributed by atoms with Crippen LogP contribution in [0.25, 0.3) is 0 Å². The molecule has 174 valence electrons. The molecule has 1 N–H and O–H groups in total. The van der Waals surface area contributed by atoms with Crippen LogP contribution in [0.4, 0.5) is 0 Å². The lowest BCUT2D eigenvalue weighted by Crippen LogP contribution is -2.50. The Morgan fingerprint density at radius 3 is 2.28 bits per heavy atom. The maximum absolute atomic E-state index is 13.2. The third-order valence-electron chi connectivity index (χ3n) is 4.89. The zero-order valence-corrected chi connectivity index (χ0v) is 20.5. The number of halogens is 2. The van der Waals surface area contributed by atoms with Gasteiger partial charge in [-0.25, -0.2) is 8.42 Å². The number of carbonyl (C=O) groups excluding carboxylic acids is 2. The van der Waals surface area contributed by atoms with Gasteiger partial charge in [-0.1, -0.05) is 48.3 Å². The molecule has 2 aromatic rings. The minimum atomic E-state index is -3.92. The summed E-state index contributed by atoms with van der Waals surface area (Å²) in [6.07, 6.45) is 0.749. The van der Waals surface area contributed by atoms with Crippen molar-refractivity contribution < 1.29 is 18.0 Å². The summed E-state index contributed by atoms with van der Waals surface area (Å²) in [4.78, 5) is 27.1. The van der Waals surface area contributed by atoms with Crippen LogP contribution in [0.5, 0.6) is 0 Å². The number of hydrogen-bond donors (Lipinski definition) is 1. The van der Waals surface area contributed by atoms with E-state index < -0.39 is 28.5 Å². The fraction of sp³-hybridized carbons (Fsp3) is 0.364. The Labute approximate surface area is 199 Å². The summed E-state index contributed by atoms with van der Waals surface area (Å²) in [7, 11) is -2.61. The van der Waals surface area contributed by atoms with Crippen molar-refractivity contribution in [3.8, 4) is 0 Å². The average molecular weight is 500 g/mol. The van der Waals surface area contributed by atoms with Crippen LogP contribution in [0, 0.1) is 0 Å². The van der Waals surface area contributed by atoms with Gasteiger partial charge in [0.15, 0.2) is 0 Å². The molecule has 0 aliphatic heterocycles. The van der Waals surface area contributed by atoms with Crippen molar-refractivity contribution in [3.05, 3.63) is 64.1 Å². The van der Waals surface area contributed by atoms with Crippen LogP contribution in [0.2, 0.25) is 10.0 Å². The molecule has 0 aliphatic carbocycles. The first-order valence-corrected chi connectivity index (χ1v) is 12.3. The van der Waals surface area contributed by atoms with E-state index >= 15 is 0 Å². The van der Waals surface area contributed by atoms with E-state index in [0.717, 1.165) is 10.7 Å². The Hall–Kier alpha value is -2.13. The van der Waals surface area contributed by atoms with Gasteiger partial charge < -0.3 is 10.2 Å². The molecule has 1 atom stereocenters. The zero-order chi connectivity index (χ0) is 23.9. The SMILES string of the molecule is CCCNC(=O)C(C)N(Cc1ccccc1Cl)C(=O)CN(C)S(=O)(=O)c1ccc(Cl)cc1. The second kappa shape index (κ2) is 11.7. The lowest BCUT2D eigenvalue weighted by molar-refractivity contribution is -0.140. The van der Waals surface area contributed by atoms with Crippen LogP contribution in [0.1, 0.15) is 25.8 Å². The highest BCUT2D eigenvalue weighted by atomic mass is 35.5. The lowest BCUT2D eigenvalue weighted by Gasteiger charge is -2.30. The molecule has 0 saturated heterocycles. The first-order valence-electron chi connectivity index (χ1n) is 10.1. The van der Waals surface area contributed by atoms with Gasteiger partial charge in [0, 0.05) is 30.2 Å². The highest BCUT2D eigenvalue weighted by molar-refractivity contribution is 7.89. The number of nitrogens with zero attached hydrogens (tertiary/aromatic N) is 2. The van der Waals surface area contributed by atoms with E-state index in [1.54, 1.807) is 31.2 Å². The molecule has 1 unspecified atom stereocenters. The molecule has 0 aromatic heterocycles. The van der Waals surface area contributed by atoms with Gasteiger partial charge in [0.2, 0.25) is 21.8 Å². The van der Waals surface area contributed by atoms with Crippen molar-refractivity contribution in [3.63, 3.8) is 0 Å². The fourth-order valence-electron chi connectivity index (χ4n) is 2.94. The Morgan fingerprint density at radius 2 is 1.69 bits per heavy atom. The minimum Gasteiger partial charge on any atom is -0.354 e. The van der Waals surface area contributed by atoms with Crippen molar-refractivity contribution in [1.29, 1.82) is 0 Å². The smallest absolute Gasteiger partial charge is 0.243 e. The van der Waals surface area contributed by atoms with E-state index in [1.165, 1.54) is 36.2 Å². The molecule has 0 aliphatic rings. The Kier molecular flexibility index (Phi) is 9.51. The summed E-state index contributed by atoms with van der Waals surface area (Å²) < 4.78 is 26.7. The molecule has 0 bridgehead atoms. The monoisotopic (exact) mass is 499 g/mol. The molecule has 10 heteroatoms. The lowest BCUT2D eigenvalue weighted by atomic mass is 10.1. The van der Waals surface area contributed by atoms with Gasteiger partial charge in [0.25, 0.3) is 0 Å². The summed E-state index contributed by atoms with van der Waals surface area (Å²) >= 11 is 12.1.